The molecule has 318 valence electrons. The number of esters is 1. The number of rotatable bonds is 10. The third-order valence-corrected chi connectivity index (χ3v) is 21.9. The molecular weight excluding hydrogens is 725 g/mol. The lowest BCUT2D eigenvalue weighted by Gasteiger charge is -2.73. The highest BCUT2D eigenvalue weighted by Crippen LogP contribution is 2.78. The fraction of sp³-hybridized carbons (Fsp3) is 0.957. The van der Waals surface area contributed by atoms with E-state index in [0.717, 1.165) is 19.3 Å². The number of hydrogen-bond acceptors (Lipinski definition) is 8. The second kappa shape index (κ2) is 13.4. The second-order valence-corrected chi connectivity index (χ2v) is 25.6. The summed E-state index contributed by atoms with van der Waals surface area (Å²) in [6.45, 7) is 22.9. The number of carbonyl (C=O) groups is 2. The van der Waals surface area contributed by atoms with Gasteiger partial charge in [-0.3, -0.25) is 14.5 Å². The van der Waals surface area contributed by atoms with Gasteiger partial charge in [0.2, 0.25) is 0 Å². The van der Waals surface area contributed by atoms with E-state index < -0.39 is 21.9 Å². The Morgan fingerprint density at radius 1 is 0.786 bits per heavy atom. The van der Waals surface area contributed by atoms with Gasteiger partial charge in [0, 0.05) is 43.1 Å². The molecule has 56 heavy (non-hydrogen) atoms. The first-order valence-electron chi connectivity index (χ1n) is 22.8. The summed E-state index contributed by atoms with van der Waals surface area (Å²) in [6.07, 6.45) is 13.7. The number of ether oxygens (including phenoxy) is 1. The van der Waals surface area contributed by atoms with Crippen LogP contribution in [0.5, 0.6) is 0 Å². The highest BCUT2D eigenvalue weighted by molar-refractivity contribution is 7.91. The van der Waals surface area contributed by atoms with E-state index in [2.05, 4.69) is 51.8 Å². The maximum absolute atomic E-state index is 13.7. The standard InChI is InChI=1S/C46H76N2O7S/c1-28(49)32(48-22-24-56(53,54)25-23-48)27-47-46-17-12-29(42(6)18-19-42)37(46)30-10-11-34-43(7)15-14-35(55-39(52)38-31(26-36(50)51)40(38,2)3)41(4,5)33(43)13-16-45(34,9)44(30,8)20-21-46/h28-35,37-38,47,49H,10-27H2,1-9H3,(H,50,51)/t28-,29-,30-,31-,32-,33+,34-,35+,37-,38-,43+,44-,45-,46+/m1/s1. The molecule has 0 radical (unpaired) electrons. The molecule has 3 N–H and O–H groups in total. The Labute approximate surface area is 338 Å². The van der Waals surface area contributed by atoms with Crippen molar-refractivity contribution < 1.29 is 33.0 Å². The largest absolute Gasteiger partial charge is 0.481 e. The molecule has 7 aliphatic carbocycles. The minimum Gasteiger partial charge on any atom is -0.481 e. The van der Waals surface area contributed by atoms with Gasteiger partial charge >= 0.3 is 11.9 Å². The minimum atomic E-state index is -2.99. The third kappa shape index (κ3) is 6.22. The van der Waals surface area contributed by atoms with Crippen LogP contribution < -0.4 is 5.32 Å². The van der Waals surface area contributed by atoms with E-state index in [1.165, 1.54) is 57.8 Å². The van der Waals surface area contributed by atoms with Gasteiger partial charge in [-0.25, -0.2) is 8.42 Å². The van der Waals surface area contributed by atoms with Gasteiger partial charge < -0.3 is 20.3 Å². The van der Waals surface area contributed by atoms with Crippen LogP contribution in [-0.2, 0) is 24.2 Å². The molecule has 1 saturated heterocycles. The van der Waals surface area contributed by atoms with E-state index in [9.17, 15) is 28.2 Å². The fourth-order valence-corrected chi connectivity index (χ4v) is 17.6. The average Bonchev–Trinajstić information content (AvgIpc) is 3.90. The summed E-state index contributed by atoms with van der Waals surface area (Å²) in [7, 11) is -2.99. The number of aliphatic carboxylic acids is 1. The van der Waals surface area contributed by atoms with Crippen molar-refractivity contribution in [1.82, 2.24) is 10.2 Å². The summed E-state index contributed by atoms with van der Waals surface area (Å²) in [5.74, 6) is 1.88. The van der Waals surface area contributed by atoms with Crippen molar-refractivity contribution in [2.24, 2.45) is 73.9 Å². The smallest absolute Gasteiger partial charge is 0.310 e. The van der Waals surface area contributed by atoms with Crippen molar-refractivity contribution >= 4 is 21.8 Å². The highest BCUT2D eigenvalue weighted by atomic mass is 32.2. The maximum Gasteiger partial charge on any atom is 0.310 e. The van der Waals surface area contributed by atoms with E-state index in [1.54, 1.807) is 0 Å². The predicted octanol–water partition coefficient (Wildman–Crippen LogP) is 7.35. The van der Waals surface area contributed by atoms with Crippen LogP contribution in [-0.4, -0.2) is 90.4 Å². The van der Waals surface area contributed by atoms with Crippen LogP contribution in [0.3, 0.4) is 0 Å². The molecule has 10 heteroatoms. The van der Waals surface area contributed by atoms with Crippen molar-refractivity contribution in [2.75, 3.05) is 31.1 Å². The molecule has 8 aliphatic rings. The Kier molecular flexibility index (Phi) is 9.92. The molecule has 0 spiro atoms. The first kappa shape index (κ1) is 41.5. The molecule has 8 fully saturated rings. The summed E-state index contributed by atoms with van der Waals surface area (Å²) < 4.78 is 31.1. The lowest BCUT2D eigenvalue weighted by atomic mass is 9.32. The summed E-state index contributed by atoms with van der Waals surface area (Å²) in [6, 6.07) is -0.0902. The number of aliphatic hydroxyl groups excluding tert-OH is 1. The fourth-order valence-electron chi connectivity index (χ4n) is 16.4. The van der Waals surface area contributed by atoms with Crippen LogP contribution in [0.4, 0.5) is 0 Å². The van der Waals surface area contributed by atoms with Gasteiger partial charge in [0.15, 0.2) is 9.84 Å². The van der Waals surface area contributed by atoms with Gasteiger partial charge in [0.05, 0.1) is 23.5 Å². The molecule has 9 nitrogen and oxygen atoms in total. The van der Waals surface area contributed by atoms with E-state index in [1.807, 2.05) is 20.8 Å². The van der Waals surface area contributed by atoms with E-state index in [0.29, 0.717) is 54.6 Å². The van der Waals surface area contributed by atoms with E-state index in [4.69, 9.17) is 4.74 Å². The Balaban J connectivity index is 1.02. The van der Waals surface area contributed by atoms with Crippen LogP contribution in [0.2, 0.25) is 0 Å². The molecular formula is C46H76N2O7S. The van der Waals surface area contributed by atoms with Gasteiger partial charge in [0.25, 0.3) is 0 Å². The van der Waals surface area contributed by atoms with Crippen LogP contribution >= 0.6 is 0 Å². The van der Waals surface area contributed by atoms with Crippen LogP contribution in [0.15, 0.2) is 0 Å². The number of nitrogens with one attached hydrogen (secondary N) is 1. The highest BCUT2D eigenvalue weighted by Gasteiger charge is 2.73. The zero-order valence-electron chi connectivity index (χ0n) is 36.3. The molecule has 0 unspecified atom stereocenters. The summed E-state index contributed by atoms with van der Waals surface area (Å²) >= 11 is 0. The number of fused-ring (bicyclic) bond motifs is 7. The summed E-state index contributed by atoms with van der Waals surface area (Å²) in [5, 5.41) is 24.8. The maximum atomic E-state index is 13.7. The number of sulfone groups is 1. The summed E-state index contributed by atoms with van der Waals surface area (Å²) in [5.41, 5.74) is 0.602. The Morgan fingerprint density at radius 3 is 2.09 bits per heavy atom. The van der Waals surface area contributed by atoms with Crippen LogP contribution in [0.1, 0.15) is 146 Å². The van der Waals surface area contributed by atoms with Gasteiger partial charge in [-0.15, -0.1) is 0 Å². The lowest BCUT2D eigenvalue weighted by Crippen LogP contribution is -2.69. The molecule has 8 rings (SSSR count). The van der Waals surface area contributed by atoms with Crippen LogP contribution in [0, 0.1) is 73.9 Å². The predicted molar refractivity (Wildman–Crippen MR) is 218 cm³/mol. The number of hydrogen-bond donors (Lipinski definition) is 3. The van der Waals surface area contributed by atoms with Crippen LogP contribution in [0.25, 0.3) is 0 Å². The zero-order valence-corrected chi connectivity index (χ0v) is 37.1. The van der Waals surface area contributed by atoms with Crippen molar-refractivity contribution in [2.45, 2.75) is 170 Å². The van der Waals surface area contributed by atoms with Crippen molar-refractivity contribution in [3.05, 3.63) is 0 Å². The molecule has 1 aliphatic heterocycles. The normalized spacial score (nSPS) is 47.9. The lowest BCUT2D eigenvalue weighted by molar-refractivity contribution is -0.248. The van der Waals surface area contributed by atoms with Crippen molar-refractivity contribution in [3.63, 3.8) is 0 Å². The number of carbonyl (C=O) groups excluding carboxylic acids is 1. The SMILES string of the molecule is C[C@@H](O)[C@@H](CN[C@]12CC[C@@H](C3(C)CC3)[C@@H]1[C@H]1CC[C@@H]3[C@@]4(C)CC[C@H](OC(=O)[C@H]5[C@@H](CC(=O)O)C5(C)C)C(C)(C)[C@@H]4CC[C@@]3(C)[C@]1(C)CC2)N1CCS(=O)(=O)CC1. The zero-order chi connectivity index (χ0) is 40.6. The monoisotopic (exact) mass is 801 g/mol. The van der Waals surface area contributed by atoms with Gasteiger partial charge in [0.1, 0.15) is 6.10 Å². The average molecular weight is 801 g/mol. The molecule has 0 bridgehead atoms. The van der Waals surface area contributed by atoms with E-state index >= 15 is 0 Å². The molecule has 0 aromatic heterocycles. The quantitative estimate of drug-likeness (QED) is 0.194. The number of carboxylic acid groups (broad SMARTS) is 1. The Hall–Kier alpha value is -1.23. The molecule has 0 amide bonds. The first-order chi connectivity index (χ1) is 26.0. The van der Waals surface area contributed by atoms with Gasteiger partial charge in [-0.1, -0.05) is 55.4 Å². The molecule has 0 aromatic rings. The third-order valence-electron chi connectivity index (χ3n) is 20.3. The molecule has 7 saturated carbocycles. The number of aliphatic hydroxyl groups is 1. The van der Waals surface area contributed by atoms with Gasteiger partial charge in [-0.05, 0) is 147 Å². The molecule has 0 aromatic carbocycles. The van der Waals surface area contributed by atoms with Gasteiger partial charge in [-0.2, -0.15) is 0 Å². The van der Waals surface area contributed by atoms with E-state index in [-0.39, 0.29) is 80.5 Å². The second-order valence-electron chi connectivity index (χ2n) is 23.3. The Morgan fingerprint density at radius 2 is 1.46 bits per heavy atom. The van der Waals surface area contributed by atoms with Crippen molar-refractivity contribution in [1.29, 1.82) is 0 Å². The molecule has 1 heterocycles. The number of carboxylic acids is 1. The number of nitrogens with zero attached hydrogens (tertiary/aromatic N) is 1. The minimum absolute atomic E-state index is 0.0226. The summed E-state index contributed by atoms with van der Waals surface area (Å²) in [4.78, 5) is 27.4. The van der Waals surface area contributed by atoms with Crippen molar-refractivity contribution in [3.8, 4) is 0 Å². The molecule has 14 atom stereocenters. The topological polar surface area (TPSA) is 133 Å². The first-order valence-corrected chi connectivity index (χ1v) is 24.6. The Bertz CT molecular complexity index is 1680.